The Morgan fingerprint density at radius 1 is 0.933 bits per heavy atom. The first-order valence-electron chi connectivity index (χ1n) is 6.68. The van der Waals surface area contributed by atoms with Crippen LogP contribution in [0.2, 0.25) is 0 Å². The molecule has 0 aliphatic rings. The van der Waals surface area contributed by atoms with Crippen molar-refractivity contribution in [3.63, 3.8) is 0 Å². The summed E-state index contributed by atoms with van der Waals surface area (Å²) in [5, 5.41) is 3.02. The second-order valence-corrected chi connectivity index (χ2v) is 4.37. The van der Waals surface area contributed by atoms with Gasteiger partial charge in [0.25, 0.3) is 0 Å². The van der Waals surface area contributed by atoms with Gasteiger partial charge in [-0.15, -0.1) is 0 Å². The van der Waals surface area contributed by atoms with E-state index in [-0.39, 0.29) is 0 Å². The minimum absolute atomic E-state index is 0.592. The summed E-state index contributed by atoms with van der Waals surface area (Å²) in [6, 6.07) is 0. The number of nitrogens with one attached hydrogen (secondary N) is 1. The zero-order chi connectivity index (χ0) is 12.7. The van der Waals surface area contributed by atoms with Crippen molar-refractivity contribution in [2.24, 2.45) is 5.41 Å². The molecule has 1 nitrogen and oxygen atoms in total. The van der Waals surface area contributed by atoms with Gasteiger partial charge in [0.1, 0.15) is 0 Å². The minimum atomic E-state index is 0.592. The van der Waals surface area contributed by atoms with E-state index in [2.05, 4.69) is 39.9 Å². The highest BCUT2D eigenvalue weighted by molar-refractivity contribution is 4.63. The molecule has 0 aromatic carbocycles. The maximum absolute atomic E-state index is 3.02. The van der Waals surface area contributed by atoms with Crippen LogP contribution in [0.4, 0.5) is 0 Å². The molecule has 0 heterocycles. The molecule has 0 fully saturated rings. The summed E-state index contributed by atoms with van der Waals surface area (Å²) < 4.78 is 0. The molecular weight excluding hydrogens is 182 g/mol. The molecule has 0 aromatic rings. The van der Waals surface area contributed by atoms with Gasteiger partial charge in [0, 0.05) is 0 Å². The molecule has 1 N–H and O–H groups in total. The first kappa shape index (κ1) is 20.4. The molecule has 0 saturated carbocycles. The van der Waals surface area contributed by atoms with Crippen LogP contribution in [0.3, 0.4) is 0 Å². The first-order chi connectivity index (χ1) is 7.04. The molecule has 0 saturated heterocycles. The van der Waals surface area contributed by atoms with Gasteiger partial charge in [-0.3, -0.25) is 0 Å². The third-order valence-electron chi connectivity index (χ3n) is 2.38. The second kappa shape index (κ2) is 16.4. The average Bonchev–Trinajstić information content (AvgIpc) is 2.23. The molecule has 0 aromatic heterocycles. The molecule has 0 amide bonds. The van der Waals surface area contributed by atoms with Crippen molar-refractivity contribution in [1.29, 1.82) is 0 Å². The topological polar surface area (TPSA) is 12.0 Å². The van der Waals surface area contributed by atoms with E-state index >= 15 is 0 Å². The van der Waals surface area contributed by atoms with Crippen molar-refractivity contribution in [3.05, 3.63) is 0 Å². The first-order valence-corrected chi connectivity index (χ1v) is 6.68. The molecule has 0 radical (unpaired) electrons. The molecule has 0 bridgehead atoms. The van der Waals surface area contributed by atoms with Crippen LogP contribution in [0.5, 0.6) is 0 Å². The SMILES string of the molecule is CC.CCCC(C)(C)CC.CCCNC. The Kier molecular flexibility index (Phi) is 22.3. The van der Waals surface area contributed by atoms with E-state index in [0.29, 0.717) is 5.41 Å². The summed E-state index contributed by atoms with van der Waals surface area (Å²) in [6.07, 6.45) is 5.22. The minimum Gasteiger partial charge on any atom is -0.320 e. The Labute approximate surface area is 99.0 Å². The predicted octanol–water partition coefficient (Wildman–Crippen LogP) is 4.86. The van der Waals surface area contributed by atoms with Crippen molar-refractivity contribution < 1.29 is 0 Å². The van der Waals surface area contributed by atoms with Crippen molar-refractivity contribution in [2.45, 2.75) is 74.1 Å². The summed E-state index contributed by atoms with van der Waals surface area (Å²) in [6.45, 7) is 16.5. The van der Waals surface area contributed by atoms with Crippen LogP contribution in [-0.2, 0) is 0 Å². The van der Waals surface area contributed by atoms with E-state index in [9.17, 15) is 0 Å². The number of rotatable bonds is 5. The molecule has 15 heavy (non-hydrogen) atoms. The van der Waals surface area contributed by atoms with Gasteiger partial charge >= 0.3 is 0 Å². The normalized spacial score (nSPS) is 9.60. The van der Waals surface area contributed by atoms with Gasteiger partial charge in [-0.1, -0.05) is 61.3 Å². The average molecular weight is 217 g/mol. The van der Waals surface area contributed by atoms with Gasteiger partial charge in [0.15, 0.2) is 0 Å². The summed E-state index contributed by atoms with van der Waals surface area (Å²) in [5.41, 5.74) is 0.592. The Morgan fingerprint density at radius 2 is 1.40 bits per heavy atom. The lowest BCUT2D eigenvalue weighted by molar-refractivity contribution is 0.319. The third-order valence-corrected chi connectivity index (χ3v) is 2.38. The Morgan fingerprint density at radius 3 is 1.47 bits per heavy atom. The zero-order valence-electron chi connectivity index (χ0n) is 12.5. The van der Waals surface area contributed by atoms with E-state index in [0.717, 1.165) is 6.54 Å². The molecule has 0 unspecified atom stereocenters. The van der Waals surface area contributed by atoms with Crippen LogP contribution in [0.15, 0.2) is 0 Å². The van der Waals surface area contributed by atoms with Gasteiger partial charge in [0.05, 0.1) is 0 Å². The lowest BCUT2D eigenvalue weighted by atomic mass is 9.86. The smallest absolute Gasteiger partial charge is 0.00546 e. The van der Waals surface area contributed by atoms with Gasteiger partial charge < -0.3 is 5.32 Å². The molecule has 0 spiro atoms. The lowest BCUT2D eigenvalue weighted by Crippen LogP contribution is -2.07. The molecule has 0 aliphatic carbocycles. The monoisotopic (exact) mass is 217 g/mol. The number of hydrogen-bond donors (Lipinski definition) is 1. The fraction of sp³-hybridized carbons (Fsp3) is 1.00. The van der Waals surface area contributed by atoms with Gasteiger partial charge in [-0.25, -0.2) is 0 Å². The van der Waals surface area contributed by atoms with E-state index in [4.69, 9.17) is 0 Å². The van der Waals surface area contributed by atoms with Crippen LogP contribution in [0.25, 0.3) is 0 Å². The number of hydrogen-bond acceptors (Lipinski definition) is 1. The van der Waals surface area contributed by atoms with Crippen molar-refractivity contribution in [2.75, 3.05) is 13.6 Å². The summed E-state index contributed by atoms with van der Waals surface area (Å²) in [7, 11) is 1.96. The van der Waals surface area contributed by atoms with Crippen LogP contribution in [0, 0.1) is 5.41 Å². The molecule has 96 valence electrons. The van der Waals surface area contributed by atoms with Crippen LogP contribution < -0.4 is 5.32 Å². The second-order valence-electron chi connectivity index (χ2n) is 4.37. The van der Waals surface area contributed by atoms with Gasteiger partial charge in [0.2, 0.25) is 0 Å². The predicted molar refractivity (Wildman–Crippen MR) is 74.5 cm³/mol. The maximum Gasteiger partial charge on any atom is -0.00546 e. The summed E-state index contributed by atoms with van der Waals surface area (Å²) >= 11 is 0. The highest BCUT2D eigenvalue weighted by Crippen LogP contribution is 2.25. The fourth-order valence-corrected chi connectivity index (χ4v) is 1.10. The van der Waals surface area contributed by atoms with Gasteiger partial charge in [-0.05, 0) is 31.8 Å². The van der Waals surface area contributed by atoms with Crippen LogP contribution >= 0.6 is 0 Å². The van der Waals surface area contributed by atoms with Crippen molar-refractivity contribution in [3.8, 4) is 0 Å². The Bertz CT molecular complexity index is 85.3. The third kappa shape index (κ3) is 24.9. The Hall–Kier alpha value is -0.0400. The zero-order valence-corrected chi connectivity index (χ0v) is 12.5. The highest BCUT2D eigenvalue weighted by Gasteiger charge is 2.11. The maximum atomic E-state index is 3.02. The lowest BCUT2D eigenvalue weighted by Gasteiger charge is -2.20. The van der Waals surface area contributed by atoms with Crippen LogP contribution in [0.1, 0.15) is 74.1 Å². The molecule has 0 rings (SSSR count). The molecular formula is C14H35N. The molecule has 0 aliphatic heterocycles. The van der Waals surface area contributed by atoms with E-state index in [1.807, 2.05) is 20.9 Å². The standard InChI is InChI=1S/C8H18.C4H11N.C2H6/c1-5-7-8(3,4)6-2;1-3-4-5-2;1-2/h5-7H2,1-4H3;5H,3-4H2,1-2H3;1-2H3. The van der Waals surface area contributed by atoms with E-state index < -0.39 is 0 Å². The van der Waals surface area contributed by atoms with E-state index in [1.54, 1.807) is 0 Å². The summed E-state index contributed by atoms with van der Waals surface area (Å²) in [5.74, 6) is 0. The van der Waals surface area contributed by atoms with E-state index in [1.165, 1.54) is 25.7 Å². The van der Waals surface area contributed by atoms with Crippen molar-refractivity contribution >= 4 is 0 Å². The highest BCUT2D eigenvalue weighted by atomic mass is 14.8. The fourth-order valence-electron chi connectivity index (χ4n) is 1.10. The molecule has 0 atom stereocenters. The van der Waals surface area contributed by atoms with Crippen LogP contribution in [-0.4, -0.2) is 13.6 Å². The largest absolute Gasteiger partial charge is 0.320 e. The quantitative estimate of drug-likeness (QED) is 0.693. The van der Waals surface area contributed by atoms with Crippen molar-refractivity contribution in [1.82, 2.24) is 5.32 Å². The summed E-state index contributed by atoms with van der Waals surface area (Å²) in [4.78, 5) is 0. The Balaban J connectivity index is -0.000000177. The van der Waals surface area contributed by atoms with Gasteiger partial charge in [-0.2, -0.15) is 0 Å². The molecule has 1 heteroatoms.